The molecular formula is C10H9NO4. The summed E-state index contributed by atoms with van der Waals surface area (Å²) in [6, 6.07) is 4.94. The fraction of sp³-hybridized carbons (Fsp3) is 0.200. The molecule has 78 valence electrons. The Balaban J connectivity index is 2.64. The third-order valence-electron chi connectivity index (χ3n) is 2.00. The zero-order chi connectivity index (χ0) is 10.8. The van der Waals surface area contributed by atoms with E-state index in [1.54, 1.807) is 18.2 Å². The molecule has 0 saturated carbocycles. The van der Waals surface area contributed by atoms with Crippen LogP contribution >= 0.6 is 0 Å². The van der Waals surface area contributed by atoms with Crippen LogP contribution < -0.4 is 0 Å². The summed E-state index contributed by atoms with van der Waals surface area (Å²) >= 11 is 0. The van der Waals surface area contributed by atoms with E-state index in [1.807, 2.05) is 0 Å². The molecule has 2 aromatic rings. The topological polar surface area (TPSA) is 72.6 Å². The highest BCUT2D eigenvalue weighted by atomic mass is 16.5. The van der Waals surface area contributed by atoms with Crippen LogP contribution in [0.4, 0.5) is 0 Å². The van der Waals surface area contributed by atoms with E-state index < -0.39 is 5.97 Å². The van der Waals surface area contributed by atoms with Gasteiger partial charge in [0, 0.05) is 0 Å². The van der Waals surface area contributed by atoms with Crippen molar-refractivity contribution < 1.29 is 19.1 Å². The molecule has 0 amide bonds. The number of para-hydroxylation sites is 1. The third kappa shape index (κ3) is 1.57. The lowest BCUT2D eigenvalue weighted by Crippen LogP contribution is -2.01. The number of rotatable bonds is 2. The summed E-state index contributed by atoms with van der Waals surface area (Å²) in [6.45, 7) is -0.296. The number of nitrogens with zero attached hydrogens (tertiary/aromatic N) is 1. The number of aliphatic hydroxyl groups excluding tert-OH is 1. The molecule has 5 heteroatoms. The average molecular weight is 207 g/mol. The Morgan fingerprint density at radius 3 is 3.07 bits per heavy atom. The van der Waals surface area contributed by atoms with Crippen LogP contribution in [0.3, 0.4) is 0 Å². The second kappa shape index (κ2) is 3.70. The van der Waals surface area contributed by atoms with Gasteiger partial charge < -0.3 is 14.3 Å². The van der Waals surface area contributed by atoms with E-state index in [0.717, 1.165) is 0 Å². The minimum Gasteiger partial charge on any atom is -0.465 e. The molecule has 1 aromatic heterocycles. The van der Waals surface area contributed by atoms with Crippen molar-refractivity contribution in [1.82, 2.24) is 4.98 Å². The van der Waals surface area contributed by atoms with Gasteiger partial charge >= 0.3 is 5.97 Å². The Morgan fingerprint density at radius 1 is 1.60 bits per heavy atom. The van der Waals surface area contributed by atoms with Gasteiger partial charge in [0.25, 0.3) is 0 Å². The van der Waals surface area contributed by atoms with E-state index in [0.29, 0.717) is 16.7 Å². The van der Waals surface area contributed by atoms with Crippen molar-refractivity contribution in [1.29, 1.82) is 0 Å². The van der Waals surface area contributed by atoms with Gasteiger partial charge in [-0.15, -0.1) is 0 Å². The van der Waals surface area contributed by atoms with Crippen LogP contribution in [0.2, 0.25) is 0 Å². The summed E-state index contributed by atoms with van der Waals surface area (Å²) in [5.41, 5.74) is 1.20. The van der Waals surface area contributed by atoms with Crippen LogP contribution in [-0.2, 0) is 11.3 Å². The minimum absolute atomic E-state index is 0.182. The van der Waals surface area contributed by atoms with Gasteiger partial charge in [0.05, 0.1) is 12.7 Å². The summed E-state index contributed by atoms with van der Waals surface area (Å²) in [5, 5.41) is 8.85. The van der Waals surface area contributed by atoms with E-state index in [4.69, 9.17) is 9.52 Å². The molecule has 0 fully saturated rings. The number of methoxy groups -OCH3 is 1. The lowest BCUT2D eigenvalue weighted by Gasteiger charge is -1.97. The Kier molecular flexibility index (Phi) is 2.39. The Morgan fingerprint density at radius 2 is 2.40 bits per heavy atom. The number of esters is 1. The highest BCUT2D eigenvalue weighted by Gasteiger charge is 2.14. The van der Waals surface area contributed by atoms with Gasteiger partial charge in [-0.2, -0.15) is 0 Å². The van der Waals surface area contributed by atoms with Crippen molar-refractivity contribution in [2.45, 2.75) is 6.61 Å². The molecule has 1 aromatic carbocycles. The molecule has 1 N–H and O–H groups in total. The van der Waals surface area contributed by atoms with Gasteiger partial charge in [-0.1, -0.05) is 6.07 Å². The normalized spacial score (nSPS) is 10.5. The maximum atomic E-state index is 11.4. The first-order valence-electron chi connectivity index (χ1n) is 4.34. The Bertz CT molecular complexity index is 503. The number of benzene rings is 1. The largest absolute Gasteiger partial charge is 0.465 e. The second-order valence-corrected chi connectivity index (χ2v) is 2.91. The first kappa shape index (κ1) is 9.67. The molecule has 0 aliphatic heterocycles. The highest BCUT2D eigenvalue weighted by Crippen LogP contribution is 2.20. The van der Waals surface area contributed by atoms with Crippen molar-refractivity contribution in [3.63, 3.8) is 0 Å². The number of carbonyl (C=O) groups is 1. The SMILES string of the molecule is COC(=O)c1cccc2oc(CO)nc12. The molecule has 0 bridgehead atoms. The zero-order valence-electron chi connectivity index (χ0n) is 8.06. The van der Waals surface area contributed by atoms with Crippen LogP contribution in [0.1, 0.15) is 16.2 Å². The quantitative estimate of drug-likeness (QED) is 0.746. The fourth-order valence-electron chi connectivity index (χ4n) is 1.34. The number of hydrogen-bond acceptors (Lipinski definition) is 5. The molecule has 0 aliphatic rings. The van der Waals surface area contributed by atoms with E-state index in [2.05, 4.69) is 9.72 Å². The zero-order valence-corrected chi connectivity index (χ0v) is 8.06. The van der Waals surface area contributed by atoms with Crippen LogP contribution in [0.15, 0.2) is 22.6 Å². The van der Waals surface area contributed by atoms with Gasteiger partial charge in [0.1, 0.15) is 12.1 Å². The lowest BCUT2D eigenvalue weighted by molar-refractivity contribution is 0.0602. The average Bonchev–Trinajstić information content (AvgIpc) is 2.70. The van der Waals surface area contributed by atoms with Crippen LogP contribution in [0.25, 0.3) is 11.1 Å². The van der Waals surface area contributed by atoms with E-state index in [9.17, 15) is 4.79 Å². The third-order valence-corrected chi connectivity index (χ3v) is 2.00. The summed E-state index contributed by atoms with van der Waals surface area (Å²) < 4.78 is 9.79. The predicted octanol–water partition coefficient (Wildman–Crippen LogP) is 1.11. The maximum absolute atomic E-state index is 11.4. The van der Waals surface area contributed by atoms with E-state index in [-0.39, 0.29) is 12.5 Å². The Hall–Kier alpha value is -1.88. The number of aliphatic hydroxyl groups is 1. The molecular weight excluding hydrogens is 198 g/mol. The van der Waals surface area contributed by atoms with Crippen molar-refractivity contribution in [2.24, 2.45) is 0 Å². The summed E-state index contributed by atoms with van der Waals surface area (Å²) in [5.74, 6) is -0.292. The maximum Gasteiger partial charge on any atom is 0.340 e. The van der Waals surface area contributed by atoms with Crippen LogP contribution in [0, 0.1) is 0 Å². The standard InChI is InChI=1S/C10H9NO4/c1-14-10(13)6-3-2-4-7-9(6)11-8(5-12)15-7/h2-4,12H,5H2,1H3. The van der Waals surface area contributed by atoms with E-state index in [1.165, 1.54) is 7.11 Å². The van der Waals surface area contributed by atoms with Gasteiger partial charge in [-0.3, -0.25) is 0 Å². The van der Waals surface area contributed by atoms with Gasteiger partial charge in [-0.05, 0) is 12.1 Å². The Labute approximate surface area is 85.3 Å². The van der Waals surface area contributed by atoms with Crippen molar-refractivity contribution in [2.75, 3.05) is 7.11 Å². The van der Waals surface area contributed by atoms with Crippen molar-refractivity contribution in [3.05, 3.63) is 29.7 Å². The lowest BCUT2D eigenvalue weighted by atomic mass is 10.2. The van der Waals surface area contributed by atoms with Gasteiger partial charge in [0.2, 0.25) is 5.89 Å². The van der Waals surface area contributed by atoms with E-state index >= 15 is 0 Å². The van der Waals surface area contributed by atoms with Gasteiger partial charge in [-0.25, -0.2) is 9.78 Å². The number of carbonyl (C=O) groups excluding carboxylic acids is 1. The molecule has 0 radical (unpaired) electrons. The number of ether oxygens (including phenoxy) is 1. The van der Waals surface area contributed by atoms with Gasteiger partial charge in [0.15, 0.2) is 5.58 Å². The first-order chi connectivity index (χ1) is 7.26. The first-order valence-corrected chi connectivity index (χ1v) is 4.34. The molecule has 0 atom stereocenters. The molecule has 1 heterocycles. The summed E-state index contributed by atoms with van der Waals surface area (Å²) in [7, 11) is 1.30. The molecule has 15 heavy (non-hydrogen) atoms. The summed E-state index contributed by atoms with van der Waals surface area (Å²) in [6.07, 6.45) is 0. The van der Waals surface area contributed by atoms with Crippen molar-refractivity contribution in [3.8, 4) is 0 Å². The minimum atomic E-state index is -0.474. The molecule has 0 aliphatic carbocycles. The number of hydrogen-bond donors (Lipinski definition) is 1. The van der Waals surface area contributed by atoms with Crippen molar-refractivity contribution >= 4 is 17.1 Å². The molecule has 0 unspecified atom stereocenters. The monoisotopic (exact) mass is 207 g/mol. The number of fused-ring (bicyclic) bond motifs is 1. The molecule has 0 spiro atoms. The highest BCUT2D eigenvalue weighted by molar-refractivity contribution is 6.01. The molecule has 0 saturated heterocycles. The smallest absolute Gasteiger partial charge is 0.340 e. The van der Waals surface area contributed by atoms with Crippen LogP contribution in [0.5, 0.6) is 0 Å². The summed E-state index contributed by atoms with van der Waals surface area (Å²) in [4.78, 5) is 15.3. The predicted molar refractivity (Wildman–Crippen MR) is 51.3 cm³/mol. The molecule has 5 nitrogen and oxygen atoms in total. The number of aromatic nitrogens is 1. The fourth-order valence-corrected chi connectivity index (χ4v) is 1.34. The molecule has 2 rings (SSSR count). The number of oxazole rings is 1. The van der Waals surface area contributed by atoms with Crippen LogP contribution in [-0.4, -0.2) is 23.2 Å². The second-order valence-electron chi connectivity index (χ2n) is 2.91.